The van der Waals surface area contributed by atoms with E-state index in [4.69, 9.17) is 0 Å². The minimum absolute atomic E-state index is 0.131. The molecule has 0 spiro atoms. The summed E-state index contributed by atoms with van der Waals surface area (Å²) in [4.78, 5) is 0. The lowest BCUT2D eigenvalue weighted by molar-refractivity contribution is 0.660. The summed E-state index contributed by atoms with van der Waals surface area (Å²) < 4.78 is 4.76. The second-order valence-corrected chi connectivity index (χ2v) is 15.9. The van der Waals surface area contributed by atoms with Gasteiger partial charge in [-0.2, -0.15) is 0 Å². The van der Waals surface area contributed by atoms with Crippen molar-refractivity contribution in [3.05, 3.63) is 204 Å². The van der Waals surface area contributed by atoms with Crippen LogP contribution in [0.5, 0.6) is 0 Å². The van der Waals surface area contributed by atoms with Crippen LogP contribution < -0.4 is 0 Å². The van der Waals surface area contributed by atoms with Crippen LogP contribution >= 0.6 is 0 Å². The van der Waals surface area contributed by atoms with Crippen molar-refractivity contribution in [1.82, 2.24) is 9.13 Å². The van der Waals surface area contributed by atoms with Gasteiger partial charge in [0.25, 0.3) is 0 Å². The molecule has 0 radical (unpaired) electrons. The van der Waals surface area contributed by atoms with Crippen molar-refractivity contribution in [2.45, 2.75) is 26.2 Å². The normalized spacial score (nSPS) is 13.3. The van der Waals surface area contributed by atoms with Gasteiger partial charge in [0.15, 0.2) is 0 Å². The largest absolute Gasteiger partial charge is 0.309 e. The van der Waals surface area contributed by atoms with Crippen LogP contribution in [0.2, 0.25) is 0 Å². The fraction of sp³-hybridized carbons (Fsp3) is 0.0741. The van der Waals surface area contributed by atoms with Gasteiger partial charge in [-0.25, -0.2) is 0 Å². The molecule has 0 atom stereocenters. The molecule has 0 aliphatic heterocycles. The van der Waals surface area contributed by atoms with Gasteiger partial charge in [0.2, 0.25) is 0 Å². The first-order chi connectivity index (χ1) is 27.4. The Morgan fingerprint density at radius 1 is 0.393 bits per heavy atom. The van der Waals surface area contributed by atoms with E-state index in [9.17, 15) is 0 Å². The molecule has 0 N–H and O–H groups in total. The SMILES string of the molecule is Cc1ccc(-n2c3ccccc3c3cc(-c4ccc5c(c4)C(C)(C)c4cc(/C=C/c6ccc7c(c6)c6ccccc6n7-c6ccccc6)ccc4-5)ccc32)cc1. The van der Waals surface area contributed by atoms with Crippen molar-refractivity contribution >= 4 is 55.8 Å². The molecule has 56 heavy (non-hydrogen) atoms. The van der Waals surface area contributed by atoms with E-state index < -0.39 is 0 Å². The molecule has 1 aliphatic carbocycles. The first-order valence-electron chi connectivity index (χ1n) is 19.6. The molecule has 8 aromatic carbocycles. The lowest BCUT2D eigenvalue weighted by atomic mass is 9.81. The van der Waals surface area contributed by atoms with Crippen molar-refractivity contribution in [2.24, 2.45) is 0 Å². The van der Waals surface area contributed by atoms with Crippen molar-refractivity contribution in [2.75, 3.05) is 0 Å². The molecule has 0 bridgehead atoms. The van der Waals surface area contributed by atoms with Gasteiger partial charge < -0.3 is 9.13 Å². The van der Waals surface area contributed by atoms with Gasteiger partial charge in [-0.15, -0.1) is 0 Å². The van der Waals surface area contributed by atoms with Gasteiger partial charge in [-0.3, -0.25) is 0 Å². The van der Waals surface area contributed by atoms with Gasteiger partial charge in [-0.1, -0.05) is 141 Å². The van der Waals surface area contributed by atoms with E-state index in [-0.39, 0.29) is 5.41 Å². The molecule has 0 fully saturated rings. The molecule has 0 unspecified atom stereocenters. The van der Waals surface area contributed by atoms with Crippen molar-refractivity contribution in [3.63, 3.8) is 0 Å². The highest BCUT2D eigenvalue weighted by molar-refractivity contribution is 6.11. The maximum atomic E-state index is 2.44. The third-order valence-corrected chi connectivity index (χ3v) is 12.2. The van der Waals surface area contributed by atoms with Crippen LogP contribution in [0.3, 0.4) is 0 Å². The highest BCUT2D eigenvalue weighted by atomic mass is 15.0. The highest BCUT2D eigenvalue weighted by Crippen LogP contribution is 2.50. The third-order valence-electron chi connectivity index (χ3n) is 12.2. The van der Waals surface area contributed by atoms with Gasteiger partial charge in [0.1, 0.15) is 0 Å². The zero-order valence-electron chi connectivity index (χ0n) is 31.8. The number of fused-ring (bicyclic) bond motifs is 9. The zero-order chi connectivity index (χ0) is 37.5. The molecule has 2 heteroatoms. The zero-order valence-corrected chi connectivity index (χ0v) is 31.8. The van der Waals surface area contributed by atoms with Crippen LogP contribution in [0.15, 0.2) is 176 Å². The van der Waals surface area contributed by atoms with E-state index in [1.807, 2.05) is 0 Å². The summed E-state index contributed by atoms with van der Waals surface area (Å²) in [5, 5.41) is 5.09. The summed E-state index contributed by atoms with van der Waals surface area (Å²) in [5.41, 5.74) is 18.7. The van der Waals surface area contributed by atoms with E-state index in [0.29, 0.717) is 0 Å². The minimum atomic E-state index is -0.131. The fourth-order valence-corrected chi connectivity index (χ4v) is 9.30. The molecule has 1 aliphatic rings. The molecule has 2 aromatic heterocycles. The molecule has 2 heterocycles. The fourth-order valence-electron chi connectivity index (χ4n) is 9.30. The van der Waals surface area contributed by atoms with Gasteiger partial charge in [0, 0.05) is 38.3 Å². The molecule has 10 aromatic rings. The van der Waals surface area contributed by atoms with Crippen molar-refractivity contribution in [3.8, 4) is 33.6 Å². The number of para-hydroxylation sites is 3. The van der Waals surface area contributed by atoms with Crippen molar-refractivity contribution in [1.29, 1.82) is 0 Å². The van der Waals surface area contributed by atoms with Crippen molar-refractivity contribution < 1.29 is 0 Å². The number of benzene rings is 8. The van der Waals surface area contributed by atoms with E-state index in [1.54, 1.807) is 0 Å². The molecular weight excluding hydrogens is 677 g/mol. The lowest BCUT2D eigenvalue weighted by Gasteiger charge is -2.22. The molecular formula is C54H40N2. The van der Waals surface area contributed by atoms with Crippen LogP contribution in [-0.2, 0) is 5.41 Å². The van der Waals surface area contributed by atoms with E-state index in [1.165, 1.54) is 105 Å². The standard InChI is InChI=1S/C54H40N2/c1-35-17-25-41(26-18-35)56-51-16-10-8-14-45(51)47-33-38(24-30-53(47)56)39-23-28-43-42-27-21-37(32-48(42)54(2,3)49(43)34-39)20-19-36-22-29-52-46(31-36)44-13-7-9-15-50(44)55(52)40-11-5-4-6-12-40/h4-34H,1-3H3/b20-19+. The van der Waals surface area contributed by atoms with E-state index in [0.717, 1.165) is 0 Å². The second-order valence-electron chi connectivity index (χ2n) is 15.9. The number of rotatable bonds is 5. The highest BCUT2D eigenvalue weighted by Gasteiger charge is 2.35. The summed E-state index contributed by atoms with van der Waals surface area (Å²) in [7, 11) is 0. The van der Waals surface area contributed by atoms with Crippen LogP contribution in [0.25, 0.3) is 89.4 Å². The van der Waals surface area contributed by atoms with E-state index >= 15 is 0 Å². The number of hydrogen-bond acceptors (Lipinski definition) is 0. The number of nitrogens with zero attached hydrogens (tertiary/aromatic N) is 2. The second kappa shape index (κ2) is 12.3. The Morgan fingerprint density at radius 3 is 1.57 bits per heavy atom. The Labute approximate surface area is 327 Å². The quantitative estimate of drug-likeness (QED) is 0.157. The summed E-state index contributed by atoms with van der Waals surface area (Å²) in [5.74, 6) is 0. The summed E-state index contributed by atoms with van der Waals surface area (Å²) in [6.45, 7) is 6.90. The third kappa shape index (κ3) is 4.96. The predicted octanol–water partition coefficient (Wildman–Crippen LogP) is 14.3. The predicted molar refractivity (Wildman–Crippen MR) is 238 cm³/mol. The first-order valence-corrected chi connectivity index (χ1v) is 19.6. The molecule has 2 nitrogen and oxygen atoms in total. The Hall–Kier alpha value is -6.90. The first kappa shape index (κ1) is 32.5. The summed E-state index contributed by atoms with van der Waals surface area (Å²) in [6, 6.07) is 64.9. The minimum Gasteiger partial charge on any atom is -0.309 e. The average molecular weight is 717 g/mol. The van der Waals surface area contributed by atoms with Crippen LogP contribution in [0, 0.1) is 6.92 Å². The lowest BCUT2D eigenvalue weighted by Crippen LogP contribution is -2.15. The van der Waals surface area contributed by atoms with Gasteiger partial charge >= 0.3 is 0 Å². The molecule has 0 saturated carbocycles. The van der Waals surface area contributed by atoms with Gasteiger partial charge in [0.05, 0.1) is 22.1 Å². The summed E-state index contributed by atoms with van der Waals surface area (Å²) >= 11 is 0. The summed E-state index contributed by atoms with van der Waals surface area (Å²) in [6.07, 6.45) is 4.53. The number of aromatic nitrogens is 2. The van der Waals surface area contributed by atoms with Crippen LogP contribution in [0.1, 0.15) is 41.7 Å². The monoisotopic (exact) mass is 716 g/mol. The molecule has 0 amide bonds. The topological polar surface area (TPSA) is 9.86 Å². The molecule has 0 saturated heterocycles. The van der Waals surface area contributed by atoms with Crippen LogP contribution in [0.4, 0.5) is 0 Å². The Bertz CT molecular complexity index is 3210. The smallest absolute Gasteiger partial charge is 0.0541 e. The Balaban J connectivity index is 0.931. The molecule has 266 valence electrons. The number of aryl methyl sites for hydroxylation is 1. The van der Waals surface area contributed by atoms with E-state index in [2.05, 4.69) is 218 Å². The van der Waals surface area contributed by atoms with Crippen LogP contribution in [-0.4, -0.2) is 9.13 Å². The molecule has 11 rings (SSSR count). The van der Waals surface area contributed by atoms with Gasteiger partial charge in [-0.05, 0) is 118 Å². The average Bonchev–Trinajstić information content (AvgIpc) is 3.83. The number of hydrogen-bond donors (Lipinski definition) is 0. The Kier molecular flexibility index (Phi) is 7.15. The Morgan fingerprint density at radius 2 is 0.875 bits per heavy atom. The maximum absolute atomic E-state index is 2.44. The maximum Gasteiger partial charge on any atom is 0.0541 e.